The van der Waals surface area contributed by atoms with Gasteiger partial charge in [0, 0.05) is 12.6 Å². The Kier molecular flexibility index (Phi) is 6.48. The lowest BCUT2D eigenvalue weighted by atomic mass is 9.86. The van der Waals surface area contributed by atoms with Crippen LogP contribution in [0, 0.1) is 5.92 Å². The van der Waals surface area contributed by atoms with Gasteiger partial charge in [-0.1, -0.05) is 12.1 Å². The number of nitrogens with one attached hydrogen (secondary N) is 1. The van der Waals surface area contributed by atoms with Gasteiger partial charge in [-0.15, -0.1) is 0 Å². The first kappa shape index (κ1) is 18.6. The van der Waals surface area contributed by atoms with Gasteiger partial charge in [-0.25, -0.2) is 0 Å². The van der Waals surface area contributed by atoms with Crippen molar-refractivity contribution in [3.8, 4) is 5.75 Å². The highest BCUT2D eigenvalue weighted by atomic mass is 19.4. The molecule has 1 saturated carbocycles. The summed E-state index contributed by atoms with van der Waals surface area (Å²) < 4.78 is 46.0. The maximum Gasteiger partial charge on any atom is 0.422 e. The van der Waals surface area contributed by atoms with E-state index in [9.17, 15) is 18.0 Å². The molecular formula is C17H22F3NO3. The van der Waals surface area contributed by atoms with Crippen molar-refractivity contribution in [1.29, 1.82) is 0 Å². The van der Waals surface area contributed by atoms with E-state index >= 15 is 0 Å². The number of carbonyl (C=O) groups is 1. The van der Waals surface area contributed by atoms with Crippen molar-refractivity contribution in [2.45, 2.75) is 44.4 Å². The fourth-order valence-electron chi connectivity index (χ4n) is 2.87. The summed E-state index contributed by atoms with van der Waals surface area (Å²) >= 11 is 0. The van der Waals surface area contributed by atoms with Crippen molar-refractivity contribution in [3.05, 3.63) is 29.8 Å². The number of rotatable bonds is 6. The van der Waals surface area contributed by atoms with Crippen LogP contribution in [0.5, 0.6) is 5.75 Å². The first-order valence-corrected chi connectivity index (χ1v) is 7.97. The van der Waals surface area contributed by atoms with Crippen molar-refractivity contribution >= 4 is 5.97 Å². The van der Waals surface area contributed by atoms with Crippen molar-refractivity contribution in [2.75, 3.05) is 13.7 Å². The fourth-order valence-corrected chi connectivity index (χ4v) is 2.87. The summed E-state index contributed by atoms with van der Waals surface area (Å²) in [6, 6.07) is 6.94. The molecule has 0 aromatic heterocycles. The topological polar surface area (TPSA) is 47.6 Å². The number of esters is 1. The van der Waals surface area contributed by atoms with Gasteiger partial charge in [-0.2, -0.15) is 13.2 Å². The van der Waals surface area contributed by atoms with Crippen LogP contribution in [0.4, 0.5) is 13.2 Å². The van der Waals surface area contributed by atoms with E-state index in [1.54, 1.807) is 12.1 Å². The van der Waals surface area contributed by atoms with E-state index in [1.165, 1.54) is 13.2 Å². The van der Waals surface area contributed by atoms with Gasteiger partial charge in [0.25, 0.3) is 0 Å². The lowest BCUT2D eigenvalue weighted by Crippen LogP contribution is -2.34. The van der Waals surface area contributed by atoms with E-state index < -0.39 is 12.8 Å². The van der Waals surface area contributed by atoms with Crippen LogP contribution in [0.15, 0.2) is 24.3 Å². The highest BCUT2D eigenvalue weighted by molar-refractivity contribution is 5.72. The predicted molar refractivity (Wildman–Crippen MR) is 82.6 cm³/mol. The van der Waals surface area contributed by atoms with Gasteiger partial charge >= 0.3 is 12.1 Å². The molecule has 0 radical (unpaired) electrons. The Hall–Kier alpha value is -1.76. The molecule has 0 aliphatic heterocycles. The number of hydrogen-bond donors (Lipinski definition) is 1. The molecule has 1 aromatic rings. The molecule has 0 atom stereocenters. The van der Waals surface area contributed by atoms with Crippen LogP contribution in [0.2, 0.25) is 0 Å². The molecule has 1 fully saturated rings. The first-order valence-electron chi connectivity index (χ1n) is 7.97. The van der Waals surface area contributed by atoms with Gasteiger partial charge in [0.15, 0.2) is 6.61 Å². The zero-order chi connectivity index (χ0) is 17.6. The molecule has 0 bridgehead atoms. The summed E-state index contributed by atoms with van der Waals surface area (Å²) in [5.41, 5.74) is 0.866. The third-order valence-corrected chi connectivity index (χ3v) is 4.16. The SMILES string of the molecule is COC(=O)C1CCC(NCc2cccc(OCC(F)(F)F)c2)CC1. The zero-order valence-corrected chi connectivity index (χ0v) is 13.6. The largest absolute Gasteiger partial charge is 0.484 e. The van der Waals surface area contributed by atoms with Crippen molar-refractivity contribution in [1.82, 2.24) is 5.32 Å². The third-order valence-electron chi connectivity index (χ3n) is 4.16. The molecule has 0 spiro atoms. The summed E-state index contributed by atoms with van der Waals surface area (Å²) in [5.74, 6) is 0.0381. The average Bonchev–Trinajstić information content (AvgIpc) is 2.58. The minimum absolute atomic E-state index is 0.0212. The van der Waals surface area contributed by atoms with E-state index in [1.807, 2.05) is 6.07 Å². The number of carbonyl (C=O) groups excluding carboxylic acids is 1. The molecule has 0 amide bonds. The van der Waals surface area contributed by atoms with Crippen LogP contribution < -0.4 is 10.1 Å². The number of ether oxygens (including phenoxy) is 2. The van der Waals surface area contributed by atoms with Crippen LogP contribution in [0.1, 0.15) is 31.2 Å². The molecular weight excluding hydrogens is 323 g/mol. The zero-order valence-electron chi connectivity index (χ0n) is 13.6. The summed E-state index contributed by atoms with van der Waals surface area (Å²) in [7, 11) is 1.40. The van der Waals surface area contributed by atoms with Crippen LogP contribution in [0.25, 0.3) is 0 Å². The molecule has 1 aliphatic carbocycles. The van der Waals surface area contributed by atoms with Gasteiger partial charge in [0.2, 0.25) is 0 Å². The summed E-state index contributed by atoms with van der Waals surface area (Å²) in [4.78, 5) is 11.5. The Morgan fingerprint density at radius 1 is 1.25 bits per heavy atom. The Morgan fingerprint density at radius 2 is 1.96 bits per heavy atom. The summed E-state index contributed by atoms with van der Waals surface area (Å²) in [5, 5.41) is 3.39. The van der Waals surface area contributed by atoms with Gasteiger partial charge in [0.05, 0.1) is 13.0 Å². The maximum absolute atomic E-state index is 12.2. The fraction of sp³-hybridized carbons (Fsp3) is 0.588. The lowest BCUT2D eigenvalue weighted by Gasteiger charge is -2.27. The molecule has 2 rings (SSSR count). The molecule has 7 heteroatoms. The molecule has 24 heavy (non-hydrogen) atoms. The normalized spacial score (nSPS) is 21.3. The summed E-state index contributed by atoms with van der Waals surface area (Å²) in [6.45, 7) is -0.738. The summed E-state index contributed by atoms with van der Waals surface area (Å²) in [6.07, 6.45) is -1.00. The van der Waals surface area contributed by atoms with E-state index in [4.69, 9.17) is 9.47 Å². The minimum atomic E-state index is -4.34. The van der Waals surface area contributed by atoms with Crippen LogP contribution in [0.3, 0.4) is 0 Å². The standard InChI is InChI=1S/C17H22F3NO3/c1-23-16(22)13-5-7-14(8-6-13)21-10-12-3-2-4-15(9-12)24-11-17(18,19)20/h2-4,9,13-14,21H,5-8,10-11H2,1H3. The minimum Gasteiger partial charge on any atom is -0.484 e. The second-order valence-corrected chi connectivity index (χ2v) is 6.00. The molecule has 0 unspecified atom stereocenters. The van der Waals surface area contributed by atoms with Gasteiger partial charge < -0.3 is 14.8 Å². The van der Waals surface area contributed by atoms with E-state index in [2.05, 4.69) is 5.32 Å². The van der Waals surface area contributed by atoms with Crippen LogP contribution >= 0.6 is 0 Å². The molecule has 1 aliphatic rings. The monoisotopic (exact) mass is 345 g/mol. The Morgan fingerprint density at radius 3 is 2.58 bits per heavy atom. The maximum atomic E-state index is 12.2. The predicted octanol–water partition coefficient (Wildman–Crippen LogP) is 3.45. The Labute approximate surface area is 139 Å². The van der Waals surface area contributed by atoms with Gasteiger partial charge in [-0.05, 0) is 43.4 Å². The van der Waals surface area contributed by atoms with E-state index in [0.717, 1.165) is 31.2 Å². The number of methoxy groups -OCH3 is 1. The van der Waals surface area contributed by atoms with Gasteiger partial charge in [-0.3, -0.25) is 4.79 Å². The Balaban J connectivity index is 1.77. The third kappa shape index (κ3) is 6.03. The first-order chi connectivity index (χ1) is 11.4. The number of halogens is 3. The van der Waals surface area contributed by atoms with Gasteiger partial charge in [0.1, 0.15) is 5.75 Å². The van der Waals surface area contributed by atoms with E-state index in [0.29, 0.717) is 12.6 Å². The quantitative estimate of drug-likeness (QED) is 0.803. The second kappa shape index (κ2) is 8.37. The second-order valence-electron chi connectivity index (χ2n) is 6.00. The average molecular weight is 345 g/mol. The molecule has 0 saturated heterocycles. The van der Waals surface area contributed by atoms with Crippen molar-refractivity contribution < 1.29 is 27.4 Å². The lowest BCUT2D eigenvalue weighted by molar-refractivity contribution is -0.153. The highest BCUT2D eigenvalue weighted by Crippen LogP contribution is 2.25. The number of alkyl halides is 3. The molecule has 134 valence electrons. The van der Waals surface area contributed by atoms with Crippen molar-refractivity contribution in [3.63, 3.8) is 0 Å². The Bertz CT molecular complexity index is 540. The van der Waals surface area contributed by atoms with Crippen LogP contribution in [-0.4, -0.2) is 31.9 Å². The van der Waals surface area contributed by atoms with Crippen molar-refractivity contribution in [2.24, 2.45) is 5.92 Å². The van der Waals surface area contributed by atoms with E-state index in [-0.39, 0.29) is 17.6 Å². The molecule has 0 heterocycles. The highest BCUT2D eigenvalue weighted by Gasteiger charge is 2.28. The number of benzene rings is 1. The van der Waals surface area contributed by atoms with Crippen LogP contribution in [-0.2, 0) is 16.1 Å². The molecule has 1 N–H and O–H groups in total. The molecule has 4 nitrogen and oxygen atoms in total. The smallest absolute Gasteiger partial charge is 0.422 e. The molecule has 1 aromatic carbocycles. The number of hydrogen-bond acceptors (Lipinski definition) is 4.